The lowest BCUT2D eigenvalue weighted by Crippen LogP contribution is -2.01. The van der Waals surface area contributed by atoms with E-state index in [9.17, 15) is 0 Å². The number of fused-ring (bicyclic) bond motifs is 1. The summed E-state index contributed by atoms with van der Waals surface area (Å²) in [4.78, 5) is 5.84. The van der Waals surface area contributed by atoms with Crippen molar-refractivity contribution in [3.05, 3.63) is 54.4 Å². The molecule has 2 heterocycles. The van der Waals surface area contributed by atoms with E-state index in [0.717, 1.165) is 16.7 Å². The first-order chi connectivity index (χ1) is 9.42. The number of nitrogens with zero attached hydrogens (tertiary/aromatic N) is 4. The predicted molar refractivity (Wildman–Crippen MR) is 80.5 cm³/mol. The van der Waals surface area contributed by atoms with Crippen LogP contribution in [0.3, 0.4) is 0 Å². The number of benzene rings is 1. The van der Waals surface area contributed by atoms with Gasteiger partial charge in [0.1, 0.15) is 16.7 Å². The van der Waals surface area contributed by atoms with Crippen LogP contribution in [0.2, 0.25) is 0 Å². The molecular formula is C15H13ClN4. The fourth-order valence-corrected chi connectivity index (χ4v) is 1.75. The third-order valence-corrected chi connectivity index (χ3v) is 2.65. The molecule has 1 aromatic carbocycles. The summed E-state index contributed by atoms with van der Waals surface area (Å²) in [5.41, 5.74) is 2.63. The summed E-state index contributed by atoms with van der Waals surface area (Å²) in [7, 11) is 0. The standard InChI is InChI=1S/C15H12N4.ClH/c1-2-10-15-14(9-1)17-19(18-15)12-6-4-8-13-7-3-5-11-16-13;/h1-3,5,7,9-11H,6,12H2;1H. The van der Waals surface area contributed by atoms with Gasteiger partial charge < -0.3 is 0 Å². The van der Waals surface area contributed by atoms with Gasteiger partial charge >= 0.3 is 0 Å². The van der Waals surface area contributed by atoms with Gasteiger partial charge in [0.15, 0.2) is 0 Å². The van der Waals surface area contributed by atoms with E-state index in [1.807, 2.05) is 42.5 Å². The molecule has 0 amide bonds. The molecule has 3 rings (SSSR count). The molecule has 3 aromatic rings. The van der Waals surface area contributed by atoms with E-state index in [1.54, 1.807) is 11.0 Å². The zero-order valence-electron chi connectivity index (χ0n) is 10.7. The number of pyridine rings is 1. The molecule has 0 aliphatic carbocycles. The Bertz CT molecular complexity index is 707. The van der Waals surface area contributed by atoms with Crippen LogP contribution in [-0.4, -0.2) is 20.0 Å². The SMILES string of the molecule is C(#Cc1ccccn1)CCn1nc2ccccc2n1.Cl. The third-order valence-electron chi connectivity index (χ3n) is 2.65. The molecule has 0 aliphatic rings. The van der Waals surface area contributed by atoms with E-state index >= 15 is 0 Å². The van der Waals surface area contributed by atoms with Gasteiger partial charge in [-0.15, -0.1) is 12.4 Å². The summed E-state index contributed by atoms with van der Waals surface area (Å²) < 4.78 is 0. The highest BCUT2D eigenvalue weighted by Crippen LogP contribution is 2.06. The van der Waals surface area contributed by atoms with Crippen molar-refractivity contribution in [2.75, 3.05) is 0 Å². The highest BCUT2D eigenvalue weighted by molar-refractivity contribution is 5.85. The van der Waals surface area contributed by atoms with Crippen molar-refractivity contribution in [1.82, 2.24) is 20.0 Å². The van der Waals surface area contributed by atoms with Gasteiger partial charge in [-0.25, -0.2) is 4.98 Å². The molecule has 0 N–H and O–H groups in total. The Morgan fingerprint density at radius 3 is 2.30 bits per heavy atom. The van der Waals surface area contributed by atoms with Crippen LogP contribution in [0.1, 0.15) is 12.1 Å². The Morgan fingerprint density at radius 1 is 0.950 bits per heavy atom. The van der Waals surface area contributed by atoms with Gasteiger partial charge in [0, 0.05) is 12.6 Å². The summed E-state index contributed by atoms with van der Waals surface area (Å²) in [6.07, 6.45) is 2.45. The van der Waals surface area contributed by atoms with Crippen LogP contribution in [0.5, 0.6) is 0 Å². The molecule has 0 radical (unpaired) electrons. The number of halogens is 1. The molecule has 4 nitrogen and oxygen atoms in total. The van der Waals surface area contributed by atoms with E-state index < -0.39 is 0 Å². The first kappa shape index (κ1) is 14.0. The number of hydrogen-bond donors (Lipinski definition) is 0. The van der Waals surface area contributed by atoms with E-state index in [1.165, 1.54) is 0 Å². The molecule has 0 fully saturated rings. The fourth-order valence-electron chi connectivity index (χ4n) is 1.75. The molecule has 0 atom stereocenters. The van der Waals surface area contributed by atoms with Gasteiger partial charge in [0.2, 0.25) is 0 Å². The molecular weight excluding hydrogens is 272 g/mol. The van der Waals surface area contributed by atoms with Gasteiger partial charge in [-0.2, -0.15) is 15.0 Å². The second-order valence-electron chi connectivity index (χ2n) is 4.05. The Morgan fingerprint density at radius 2 is 1.65 bits per heavy atom. The third kappa shape index (κ3) is 3.34. The average Bonchev–Trinajstić information content (AvgIpc) is 2.87. The highest BCUT2D eigenvalue weighted by Gasteiger charge is 1.99. The van der Waals surface area contributed by atoms with E-state index in [0.29, 0.717) is 13.0 Å². The lowest BCUT2D eigenvalue weighted by molar-refractivity contribution is 0.555. The van der Waals surface area contributed by atoms with Gasteiger partial charge in [0.25, 0.3) is 0 Å². The van der Waals surface area contributed by atoms with Crippen LogP contribution < -0.4 is 0 Å². The minimum absolute atomic E-state index is 0. The Labute approximate surface area is 123 Å². The van der Waals surface area contributed by atoms with E-state index in [4.69, 9.17) is 0 Å². The molecule has 0 aliphatic heterocycles. The Balaban J connectivity index is 0.00000147. The van der Waals surface area contributed by atoms with Crippen molar-refractivity contribution < 1.29 is 0 Å². The molecule has 5 heteroatoms. The number of aryl methyl sites for hydroxylation is 1. The van der Waals surface area contributed by atoms with Crippen molar-refractivity contribution in [2.45, 2.75) is 13.0 Å². The Hall–Kier alpha value is -2.38. The lowest BCUT2D eigenvalue weighted by atomic mass is 10.3. The Kier molecular flexibility index (Phi) is 4.70. The molecule has 2 aromatic heterocycles. The fraction of sp³-hybridized carbons (Fsp3) is 0.133. The van der Waals surface area contributed by atoms with Crippen LogP contribution in [0, 0.1) is 11.8 Å². The lowest BCUT2D eigenvalue weighted by Gasteiger charge is -1.92. The first-order valence-corrected chi connectivity index (χ1v) is 6.11. The van der Waals surface area contributed by atoms with Gasteiger partial charge in [-0.05, 0) is 30.2 Å². The highest BCUT2D eigenvalue weighted by atomic mass is 35.5. The average molecular weight is 285 g/mol. The monoisotopic (exact) mass is 284 g/mol. The van der Waals surface area contributed by atoms with Gasteiger partial charge in [-0.3, -0.25) is 0 Å². The van der Waals surface area contributed by atoms with Crippen molar-refractivity contribution in [1.29, 1.82) is 0 Å². The quantitative estimate of drug-likeness (QED) is 0.680. The molecule has 0 spiro atoms. The van der Waals surface area contributed by atoms with E-state index in [2.05, 4.69) is 27.0 Å². The maximum Gasteiger partial charge on any atom is 0.113 e. The molecule has 20 heavy (non-hydrogen) atoms. The summed E-state index contributed by atoms with van der Waals surface area (Å²) in [5, 5.41) is 8.76. The summed E-state index contributed by atoms with van der Waals surface area (Å²) in [6, 6.07) is 13.5. The van der Waals surface area contributed by atoms with Crippen molar-refractivity contribution in [3.63, 3.8) is 0 Å². The second-order valence-corrected chi connectivity index (χ2v) is 4.05. The maximum atomic E-state index is 4.38. The van der Waals surface area contributed by atoms with Crippen molar-refractivity contribution >= 4 is 23.4 Å². The number of rotatable bonds is 2. The van der Waals surface area contributed by atoms with Crippen molar-refractivity contribution in [3.8, 4) is 11.8 Å². The number of hydrogen-bond acceptors (Lipinski definition) is 3. The molecule has 0 saturated heterocycles. The van der Waals surface area contributed by atoms with Crippen LogP contribution in [0.25, 0.3) is 11.0 Å². The van der Waals surface area contributed by atoms with Crippen LogP contribution in [0.15, 0.2) is 48.7 Å². The first-order valence-electron chi connectivity index (χ1n) is 6.11. The second kappa shape index (κ2) is 6.69. The minimum Gasteiger partial charge on any atom is -0.248 e. The predicted octanol–water partition coefficient (Wildman–Crippen LogP) is 2.69. The minimum atomic E-state index is 0. The maximum absolute atomic E-state index is 4.38. The normalized spacial score (nSPS) is 9.60. The summed E-state index contributed by atoms with van der Waals surface area (Å²) in [5.74, 6) is 6.10. The number of aromatic nitrogens is 4. The molecule has 0 bridgehead atoms. The largest absolute Gasteiger partial charge is 0.248 e. The smallest absolute Gasteiger partial charge is 0.113 e. The van der Waals surface area contributed by atoms with Crippen LogP contribution in [0.4, 0.5) is 0 Å². The van der Waals surface area contributed by atoms with Gasteiger partial charge in [-0.1, -0.05) is 24.1 Å². The molecule has 100 valence electrons. The van der Waals surface area contributed by atoms with Gasteiger partial charge in [0.05, 0.1) is 6.54 Å². The van der Waals surface area contributed by atoms with Crippen LogP contribution >= 0.6 is 12.4 Å². The molecule has 0 unspecified atom stereocenters. The van der Waals surface area contributed by atoms with Crippen LogP contribution in [-0.2, 0) is 6.54 Å². The zero-order valence-corrected chi connectivity index (χ0v) is 11.5. The van der Waals surface area contributed by atoms with E-state index in [-0.39, 0.29) is 12.4 Å². The van der Waals surface area contributed by atoms with Crippen molar-refractivity contribution in [2.24, 2.45) is 0 Å². The topological polar surface area (TPSA) is 43.6 Å². The summed E-state index contributed by atoms with van der Waals surface area (Å²) >= 11 is 0. The summed E-state index contributed by atoms with van der Waals surface area (Å²) in [6.45, 7) is 0.689. The zero-order chi connectivity index (χ0) is 12.9. The molecule has 0 saturated carbocycles.